The molecule has 15 nitrogen and oxygen atoms in total. The minimum atomic E-state index is -1.84. The number of hydrogen-bond acceptors (Lipinski definition) is 14. The van der Waals surface area contributed by atoms with Gasteiger partial charge in [-0.15, -0.1) is 0 Å². The Labute approximate surface area is 385 Å². The number of aliphatic hydroxyl groups excluding tert-OH is 1. The van der Waals surface area contributed by atoms with Crippen molar-refractivity contribution in [2.24, 2.45) is 23.7 Å². The van der Waals surface area contributed by atoms with Crippen LogP contribution in [0.2, 0.25) is 0 Å². The minimum Gasteiger partial charge on any atom is -0.462 e. The van der Waals surface area contributed by atoms with E-state index in [0.717, 1.165) is 12.0 Å². The van der Waals surface area contributed by atoms with E-state index in [0.29, 0.717) is 36.8 Å². The molecule has 0 aromatic heterocycles. The number of rotatable bonds is 9. The summed E-state index contributed by atoms with van der Waals surface area (Å²) >= 11 is 0. The van der Waals surface area contributed by atoms with Gasteiger partial charge in [0.2, 0.25) is 5.91 Å². The first-order valence-corrected chi connectivity index (χ1v) is 23.8. The zero-order valence-corrected chi connectivity index (χ0v) is 40.2. The average Bonchev–Trinajstić information content (AvgIpc) is 3.61. The number of carbonyl (C=O) groups is 2. The van der Waals surface area contributed by atoms with Gasteiger partial charge in [-0.05, 0) is 62.8 Å². The third kappa shape index (κ3) is 10.6. The molecule has 1 aliphatic carbocycles. The van der Waals surface area contributed by atoms with Gasteiger partial charge < -0.3 is 62.9 Å². The lowest BCUT2D eigenvalue weighted by atomic mass is 9.71. The maximum Gasteiger partial charge on any atom is 0.316 e. The molecule has 0 unspecified atom stereocenters. The number of nitrogens with one attached hydrogen (secondary N) is 1. The van der Waals surface area contributed by atoms with Crippen LogP contribution in [0.4, 0.5) is 0 Å². The Morgan fingerprint density at radius 3 is 2.35 bits per heavy atom. The number of allylic oxidation sites excluding steroid dienone is 2. The van der Waals surface area contributed by atoms with E-state index in [-0.39, 0.29) is 61.0 Å². The zero-order valence-electron chi connectivity index (χ0n) is 40.2. The minimum absolute atomic E-state index is 0.0270. The summed E-state index contributed by atoms with van der Waals surface area (Å²) in [5, 5.41) is 26.7. The molecule has 0 aromatic rings. The Morgan fingerprint density at radius 1 is 0.938 bits per heavy atom. The van der Waals surface area contributed by atoms with Crippen LogP contribution in [0.1, 0.15) is 101 Å². The van der Waals surface area contributed by atoms with Gasteiger partial charge in [0, 0.05) is 58.7 Å². The smallest absolute Gasteiger partial charge is 0.316 e. The number of aliphatic hydroxyl groups is 2. The molecule has 1 spiro atoms. The Bertz CT molecular complexity index is 1850. The molecule has 0 aromatic carbocycles. The normalized spacial score (nSPS) is 46.5. The van der Waals surface area contributed by atoms with Crippen LogP contribution in [0.5, 0.6) is 0 Å². The lowest BCUT2D eigenvalue weighted by Crippen LogP contribution is -2.58. The van der Waals surface area contributed by atoms with E-state index in [1.807, 2.05) is 39.0 Å². The van der Waals surface area contributed by atoms with Crippen molar-refractivity contribution >= 4 is 11.9 Å². The molecule has 1 amide bonds. The van der Waals surface area contributed by atoms with Crippen molar-refractivity contribution in [3.63, 3.8) is 0 Å². The van der Waals surface area contributed by atoms with Crippen molar-refractivity contribution in [1.29, 1.82) is 0 Å². The fourth-order valence-electron chi connectivity index (χ4n) is 11.0. The van der Waals surface area contributed by atoms with E-state index >= 15 is 0 Å². The molecule has 65 heavy (non-hydrogen) atoms. The summed E-state index contributed by atoms with van der Waals surface area (Å²) in [5.74, 6) is -2.75. The van der Waals surface area contributed by atoms with Gasteiger partial charge in [0.05, 0.1) is 55.4 Å². The second-order valence-corrected chi connectivity index (χ2v) is 19.7. The number of esters is 1. The molecular weight excluding hydrogens is 839 g/mol. The highest BCUT2D eigenvalue weighted by molar-refractivity contribution is 5.78. The average molecular weight is 914 g/mol. The molecule has 15 heteroatoms. The van der Waals surface area contributed by atoms with Crippen molar-refractivity contribution in [2.75, 3.05) is 20.8 Å². The maximum absolute atomic E-state index is 14.4. The number of carbonyl (C=O) groups excluding carboxylic acids is 2. The molecule has 4 saturated heterocycles. The van der Waals surface area contributed by atoms with Gasteiger partial charge in [0.25, 0.3) is 0 Å². The number of methoxy groups -OCH3 is 2. The van der Waals surface area contributed by atoms with E-state index in [9.17, 15) is 19.8 Å². The fraction of sp³-hybridized carbons (Fsp3) is 0.760. The van der Waals surface area contributed by atoms with Crippen molar-refractivity contribution in [3.05, 3.63) is 59.3 Å². The number of hydrogen-bond donors (Lipinski definition) is 3. The second kappa shape index (κ2) is 20.8. The molecule has 0 saturated carbocycles. The van der Waals surface area contributed by atoms with Crippen LogP contribution in [-0.2, 0) is 57.0 Å². The SMILES string of the molecule is CC[C@H](C)[C@H]1O[C@]2(C=C[C@@H]1C)C[C@@H]1C[C@@H](CC=C(C)[C@@H](O[C@H]3C[C@H](OC)[C@@H](O[C@H]4C[C@H](OC)[C@H](NC(C)=O)[C@H](C)O4)[C@H](C)O3)[C@@H](C)/C=C/C=C3\CO[C@@H]4[C@H](O)C(C)=C[C@@H](C(=O)O1)[C@]34O)O2. The largest absolute Gasteiger partial charge is 0.462 e. The third-order valence-electron chi connectivity index (χ3n) is 14.9. The first-order chi connectivity index (χ1) is 30.9. The predicted molar refractivity (Wildman–Crippen MR) is 239 cm³/mol. The molecule has 0 radical (unpaired) electrons. The standard InChI is InChI=1S/C50H75NO14/c1-12-26(2)45-29(5)18-19-49(65-45)24-36-21-35(64-49)17-16-28(4)44(27(3)14-13-15-34-25-58-47-43(53)30(6)20-37(48(54)61-36)50(34,47)55)62-41-23-39(57-11)46(32(8)60-41)63-40-22-38(56-10)42(31(7)59-40)51-33(9)52/h13-16,18-20,26-27,29,31-32,35-47,53,55H,12,17,21-25H2,1-11H3,(H,51,52)/b14-13+,28-16?,34-15+/t26-,27-,29-,31-,32-,35+,36-,37-,38-,39-,40-,41-,42+,43+,44-,45+,46-,47+,49+,50+/m0/s1. The Balaban J connectivity index is 1.16. The van der Waals surface area contributed by atoms with E-state index in [1.54, 1.807) is 33.3 Å². The summed E-state index contributed by atoms with van der Waals surface area (Å²) in [7, 11) is 3.27. The van der Waals surface area contributed by atoms with Crippen molar-refractivity contribution in [2.45, 2.75) is 198 Å². The lowest BCUT2D eigenvalue weighted by molar-refractivity contribution is -0.311. The van der Waals surface area contributed by atoms with Crippen LogP contribution >= 0.6 is 0 Å². The Morgan fingerprint density at radius 2 is 1.65 bits per heavy atom. The van der Waals surface area contributed by atoms with Gasteiger partial charge in [-0.25, -0.2) is 0 Å². The Hall–Kier alpha value is -2.80. The second-order valence-electron chi connectivity index (χ2n) is 19.7. The van der Waals surface area contributed by atoms with Crippen molar-refractivity contribution in [1.82, 2.24) is 5.32 Å². The highest BCUT2D eigenvalue weighted by Crippen LogP contribution is 2.47. The van der Waals surface area contributed by atoms with Gasteiger partial charge in [0.1, 0.15) is 35.9 Å². The lowest BCUT2D eigenvalue weighted by Gasteiger charge is -2.48. The summed E-state index contributed by atoms with van der Waals surface area (Å²) in [5.41, 5.74) is 0.116. The summed E-state index contributed by atoms with van der Waals surface area (Å²) in [6.07, 6.45) is 9.46. The molecule has 364 valence electrons. The maximum atomic E-state index is 14.4. The molecule has 6 aliphatic heterocycles. The van der Waals surface area contributed by atoms with E-state index in [2.05, 4.69) is 45.2 Å². The number of fused-ring (bicyclic) bond motifs is 2. The summed E-state index contributed by atoms with van der Waals surface area (Å²) < 4.78 is 64.4. The number of ether oxygens (including phenoxy) is 10. The van der Waals surface area contributed by atoms with Crippen LogP contribution in [0.3, 0.4) is 0 Å². The molecule has 3 N–H and O–H groups in total. The summed E-state index contributed by atoms with van der Waals surface area (Å²) in [6.45, 7) is 17.7. The first kappa shape index (κ1) is 50.1. The highest BCUT2D eigenvalue weighted by atomic mass is 16.7. The van der Waals surface area contributed by atoms with Crippen molar-refractivity contribution < 1.29 is 67.2 Å². The summed E-state index contributed by atoms with van der Waals surface area (Å²) in [6, 6.07) is -0.315. The molecule has 7 rings (SSSR count). The molecule has 7 aliphatic rings. The number of amides is 1. The molecule has 4 fully saturated rings. The van der Waals surface area contributed by atoms with E-state index < -0.39 is 84.7 Å². The van der Waals surface area contributed by atoms with Gasteiger partial charge in [0.15, 0.2) is 18.4 Å². The van der Waals surface area contributed by atoms with Crippen LogP contribution < -0.4 is 5.32 Å². The monoisotopic (exact) mass is 914 g/mol. The van der Waals surface area contributed by atoms with E-state index in [4.69, 9.17) is 47.4 Å². The van der Waals surface area contributed by atoms with Crippen LogP contribution in [-0.4, -0.2) is 140 Å². The van der Waals surface area contributed by atoms with Gasteiger partial charge >= 0.3 is 5.97 Å². The highest BCUT2D eigenvalue weighted by Gasteiger charge is 2.60. The predicted octanol–water partition coefficient (Wildman–Crippen LogP) is 5.52. The molecule has 6 heterocycles. The van der Waals surface area contributed by atoms with Gasteiger partial charge in [-0.3, -0.25) is 9.59 Å². The topological polar surface area (TPSA) is 179 Å². The van der Waals surface area contributed by atoms with Crippen LogP contribution in [0.25, 0.3) is 0 Å². The van der Waals surface area contributed by atoms with E-state index in [1.165, 1.54) is 6.92 Å². The third-order valence-corrected chi connectivity index (χ3v) is 14.9. The molecule has 20 atom stereocenters. The molecule has 2 bridgehead atoms. The zero-order chi connectivity index (χ0) is 47.0. The quantitative estimate of drug-likeness (QED) is 0.195. The first-order valence-electron chi connectivity index (χ1n) is 23.8. The summed E-state index contributed by atoms with van der Waals surface area (Å²) in [4.78, 5) is 26.3. The Kier molecular flexibility index (Phi) is 16.0. The van der Waals surface area contributed by atoms with Gasteiger partial charge in [-0.2, -0.15) is 0 Å². The fourth-order valence-corrected chi connectivity index (χ4v) is 11.0. The van der Waals surface area contributed by atoms with Crippen LogP contribution in [0, 0.1) is 23.7 Å². The van der Waals surface area contributed by atoms with Gasteiger partial charge in [-0.1, -0.05) is 70.6 Å². The molecular formula is C50H75NO14. The van der Waals surface area contributed by atoms with Crippen LogP contribution in [0.15, 0.2) is 59.3 Å². The van der Waals surface area contributed by atoms with Crippen molar-refractivity contribution in [3.8, 4) is 0 Å².